The number of hydrogen-bond donors (Lipinski definition) is 0. The molecule has 1 heterocycles. The number of likely N-dealkylation sites (N-methyl/N-ethyl adjacent to an activating group) is 1. The summed E-state index contributed by atoms with van der Waals surface area (Å²) in [6.07, 6.45) is 1.62. The Labute approximate surface area is 129 Å². The van der Waals surface area contributed by atoms with Crippen LogP contribution in [0.3, 0.4) is 0 Å². The average molecular weight is 305 g/mol. The molecule has 0 aliphatic carbocycles. The molecule has 118 valence electrons. The van der Waals surface area contributed by atoms with E-state index in [9.17, 15) is 9.18 Å². The second kappa shape index (κ2) is 7.17. The third-order valence-electron chi connectivity index (χ3n) is 3.22. The van der Waals surface area contributed by atoms with Crippen molar-refractivity contribution in [3.63, 3.8) is 0 Å². The first-order valence-corrected chi connectivity index (χ1v) is 7.16. The zero-order valence-corrected chi connectivity index (χ0v) is 13.0. The van der Waals surface area contributed by atoms with Crippen LogP contribution in [0.1, 0.15) is 17.4 Å². The molecule has 0 aliphatic heterocycles. The highest BCUT2D eigenvalue weighted by molar-refractivity contribution is 5.95. The Balaban J connectivity index is 2.40. The van der Waals surface area contributed by atoms with Gasteiger partial charge in [0.1, 0.15) is 5.82 Å². The summed E-state index contributed by atoms with van der Waals surface area (Å²) >= 11 is 0. The van der Waals surface area contributed by atoms with E-state index in [0.29, 0.717) is 24.4 Å². The third kappa shape index (κ3) is 3.71. The Kier molecular flexibility index (Phi) is 5.27. The van der Waals surface area contributed by atoms with Crippen LogP contribution >= 0.6 is 0 Å². The third-order valence-corrected chi connectivity index (χ3v) is 3.22. The SMILES string of the molecule is CCOC(=O)c1c(-c2ccc(F)cc2)cnn1CCN(C)C. The maximum atomic E-state index is 13.1. The highest BCUT2D eigenvalue weighted by atomic mass is 19.1. The summed E-state index contributed by atoms with van der Waals surface area (Å²) in [5.74, 6) is -0.737. The van der Waals surface area contributed by atoms with Crippen molar-refractivity contribution in [1.29, 1.82) is 0 Å². The lowest BCUT2D eigenvalue weighted by Crippen LogP contribution is -2.22. The molecule has 0 saturated carbocycles. The van der Waals surface area contributed by atoms with E-state index in [2.05, 4.69) is 5.10 Å². The summed E-state index contributed by atoms with van der Waals surface area (Å²) in [5.41, 5.74) is 1.79. The van der Waals surface area contributed by atoms with Gasteiger partial charge in [-0.05, 0) is 38.7 Å². The van der Waals surface area contributed by atoms with Gasteiger partial charge in [0, 0.05) is 12.1 Å². The predicted molar refractivity (Wildman–Crippen MR) is 82.1 cm³/mol. The van der Waals surface area contributed by atoms with Gasteiger partial charge in [0.2, 0.25) is 0 Å². The Hall–Kier alpha value is -2.21. The number of benzene rings is 1. The van der Waals surface area contributed by atoms with Gasteiger partial charge in [-0.15, -0.1) is 0 Å². The fraction of sp³-hybridized carbons (Fsp3) is 0.375. The Bertz CT molecular complexity index is 635. The molecule has 22 heavy (non-hydrogen) atoms. The van der Waals surface area contributed by atoms with E-state index in [1.54, 1.807) is 29.9 Å². The van der Waals surface area contributed by atoms with Crippen molar-refractivity contribution in [3.05, 3.63) is 42.0 Å². The molecule has 0 aliphatic rings. The Morgan fingerprint density at radius 2 is 2.00 bits per heavy atom. The van der Waals surface area contributed by atoms with Crippen LogP contribution in [0.5, 0.6) is 0 Å². The molecule has 2 aromatic rings. The predicted octanol–water partition coefficient (Wildman–Crippen LogP) is 2.43. The summed E-state index contributed by atoms with van der Waals surface area (Å²) in [5, 5.41) is 4.29. The summed E-state index contributed by atoms with van der Waals surface area (Å²) < 4.78 is 19.8. The summed E-state index contributed by atoms with van der Waals surface area (Å²) in [4.78, 5) is 14.3. The van der Waals surface area contributed by atoms with Gasteiger partial charge < -0.3 is 9.64 Å². The van der Waals surface area contributed by atoms with E-state index in [0.717, 1.165) is 12.1 Å². The van der Waals surface area contributed by atoms with Gasteiger partial charge in [0.15, 0.2) is 5.69 Å². The number of hydrogen-bond acceptors (Lipinski definition) is 4. The molecule has 1 aromatic heterocycles. The normalized spacial score (nSPS) is 11.0. The van der Waals surface area contributed by atoms with Gasteiger partial charge in [-0.1, -0.05) is 12.1 Å². The molecule has 0 radical (unpaired) electrons. The maximum absolute atomic E-state index is 13.1. The molecule has 0 atom stereocenters. The lowest BCUT2D eigenvalue weighted by atomic mass is 10.1. The number of rotatable bonds is 6. The minimum atomic E-state index is -0.418. The van der Waals surface area contributed by atoms with Crippen molar-refractivity contribution in [3.8, 4) is 11.1 Å². The molecular formula is C16H20FN3O2. The highest BCUT2D eigenvalue weighted by Crippen LogP contribution is 2.24. The first-order chi connectivity index (χ1) is 10.5. The Morgan fingerprint density at radius 3 is 2.59 bits per heavy atom. The van der Waals surface area contributed by atoms with Crippen molar-refractivity contribution >= 4 is 5.97 Å². The number of carbonyl (C=O) groups excluding carboxylic acids is 1. The van der Waals surface area contributed by atoms with Crippen molar-refractivity contribution in [2.24, 2.45) is 0 Å². The molecule has 0 amide bonds. The van der Waals surface area contributed by atoms with Gasteiger partial charge in [-0.2, -0.15) is 5.10 Å². The van der Waals surface area contributed by atoms with Gasteiger partial charge in [0.25, 0.3) is 0 Å². The van der Waals surface area contributed by atoms with Crippen LogP contribution in [0.25, 0.3) is 11.1 Å². The number of nitrogens with zero attached hydrogens (tertiary/aromatic N) is 3. The molecule has 0 fully saturated rings. The fourth-order valence-electron chi connectivity index (χ4n) is 2.11. The van der Waals surface area contributed by atoms with Crippen molar-refractivity contribution in [2.75, 3.05) is 27.2 Å². The topological polar surface area (TPSA) is 47.4 Å². The molecule has 0 spiro atoms. The molecule has 0 bridgehead atoms. The van der Waals surface area contributed by atoms with Crippen LogP contribution in [-0.2, 0) is 11.3 Å². The first-order valence-electron chi connectivity index (χ1n) is 7.16. The van der Waals surface area contributed by atoms with E-state index in [1.165, 1.54) is 12.1 Å². The minimum absolute atomic E-state index is 0.292. The van der Waals surface area contributed by atoms with Crippen LogP contribution in [0.15, 0.2) is 30.5 Å². The molecular weight excluding hydrogens is 285 g/mol. The molecule has 0 saturated heterocycles. The van der Waals surface area contributed by atoms with E-state index < -0.39 is 5.97 Å². The summed E-state index contributed by atoms with van der Waals surface area (Å²) in [7, 11) is 3.91. The van der Waals surface area contributed by atoms with Crippen LogP contribution < -0.4 is 0 Å². The molecule has 0 unspecified atom stereocenters. The maximum Gasteiger partial charge on any atom is 0.357 e. The van der Waals surface area contributed by atoms with Gasteiger partial charge in [-0.25, -0.2) is 9.18 Å². The lowest BCUT2D eigenvalue weighted by Gasteiger charge is -2.12. The second-order valence-electron chi connectivity index (χ2n) is 5.16. The van der Waals surface area contributed by atoms with E-state index in [4.69, 9.17) is 4.74 Å². The van der Waals surface area contributed by atoms with Crippen molar-refractivity contribution in [2.45, 2.75) is 13.5 Å². The van der Waals surface area contributed by atoms with Crippen LogP contribution in [0.4, 0.5) is 4.39 Å². The zero-order chi connectivity index (χ0) is 16.1. The minimum Gasteiger partial charge on any atom is -0.461 e. The van der Waals surface area contributed by atoms with Gasteiger partial charge in [0.05, 0.1) is 19.3 Å². The monoisotopic (exact) mass is 305 g/mol. The Morgan fingerprint density at radius 1 is 1.32 bits per heavy atom. The van der Waals surface area contributed by atoms with Crippen LogP contribution in [0, 0.1) is 5.82 Å². The second-order valence-corrected chi connectivity index (χ2v) is 5.16. The van der Waals surface area contributed by atoms with Gasteiger partial charge in [-0.3, -0.25) is 4.68 Å². The molecule has 6 heteroatoms. The molecule has 0 N–H and O–H groups in total. The smallest absolute Gasteiger partial charge is 0.357 e. The van der Waals surface area contributed by atoms with Crippen molar-refractivity contribution in [1.82, 2.24) is 14.7 Å². The highest BCUT2D eigenvalue weighted by Gasteiger charge is 2.21. The quantitative estimate of drug-likeness (QED) is 0.769. The largest absolute Gasteiger partial charge is 0.461 e. The molecule has 5 nitrogen and oxygen atoms in total. The number of halogens is 1. The zero-order valence-electron chi connectivity index (χ0n) is 13.0. The van der Waals surface area contributed by atoms with E-state index in [-0.39, 0.29) is 5.82 Å². The first kappa shape index (κ1) is 16.2. The summed E-state index contributed by atoms with van der Waals surface area (Å²) in [6.45, 7) is 3.37. The molecule has 1 aromatic carbocycles. The van der Waals surface area contributed by atoms with E-state index in [1.807, 2.05) is 19.0 Å². The standard InChI is InChI=1S/C16H20FN3O2/c1-4-22-16(21)15-14(12-5-7-13(17)8-6-12)11-18-20(15)10-9-19(2)3/h5-8,11H,4,9-10H2,1-3H3. The number of aromatic nitrogens is 2. The van der Waals surface area contributed by atoms with Crippen molar-refractivity contribution < 1.29 is 13.9 Å². The fourth-order valence-corrected chi connectivity index (χ4v) is 2.11. The number of ether oxygens (including phenoxy) is 1. The summed E-state index contributed by atoms with van der Waals surface area (Å²) in [6, 6.07) is 5.99. The van der Waals surface area contributed by atoms with Gasteiger partial charge >= 0.3 is 5.97 Å². The van der Waals surface area contributed by atoms with E-state index >= 15 is 0 Å². The number of esters is 1. The molecule has 2 rings (SSSR count). The van der Waals surface area contributed by atoms with Crippen LogP contribution in [0.2, 0.25) is 0 Å². The number of carbonyl (C=O) groups is 1. The van der Waals surface area contributed by atoms with Crippen LogP contribution in [-0.4, -0.2) is 47.9 Å². The average Bonchev–Trinajstić information content (AvgIpc) is 2.90. The lowest BCUT2D eigenvalue weighted by molar-refractivity contribution is 0.0512.